The van der Waals surface area contributed by atoms with Gasteiger partial charge in [0.05, 0.1) is 30.4 Å². The number of morpholine rings is 1. The number of hydrogen-bond donors (Lipinski definition) is 2. The summed E-state index contributed by atoms with van der Waals surface area (Å²) < 4.78 is 32.5. The Balaban J connectivity index is 1.51. The maximum atomic E-state index is 15.0. The van der Waals surface area contributed by atoms with Gasteiger partial charge in [0.2, 0.25) is 0 Å². The Morgan fingerprint density at radius 1 is 1.22 bits per heavy atom. The van der Waals surface area contributed by atoms with E-state index >= 15 is 4.39 Å². The highest BCUT2D eigenvalue weighted by atomic mass is 32.2. The zero-order valence-electron chi connectivity index (χ0n) is 20.9. The minimum absolute atomic E-state index is 0.0524. The summed E-state index contributed by atoms with van der Waals surface area (Å²) in [6.45, 7) is 5.63. The number of rotatable bonds is 9. The molecule has 1 aliphatic rings. The Hall–Kier alpha value is -2.99. The molecule has 1 aromatic heterocycles. The highest BCUT2D eigenvalue weighted by Crippen LogP contribution is 2.26. The van der Waals surface area contributed by atoms with Gasteiger partial charge in [-0.25, -0.2) is 14.9 Å². The van der Waals surface area contributed by atoms with Crippen molar-refractivity contribution in [3.63, 3.8) is 0 Å². The van der Waals surface area contributed by atoms with Crippen LogP contribution in [0.3, 0.4) is 0 Å². The van der Waals surface area contributed by atoms with Gasteiger partial charge >= 0.3 is 0 Å². The van der Waals surface area contributed by atoms with Crippen LogP contribution in [-0.2, 0) is 33.3 Å². The molecule has 1 unspecified atom stereocenters. The standard InChI is InChI=1S/C26H31FN4O5S/c1-26(37(2)35,25(33)29-34)8-10-31-17-28-23-16-19(4-6-21(23)24(31)32)20-5-3-18(15-22(20)27)7-9-30-11-13-36-14-12-30/h3-6,15-17,34H,7-14H2,1-2H3,(H,29,33)/t26-,37?/m1/s1. The maximum Gasteiger partial charge on any atom is 0.261 e. The molecule has 37 heavy (non-hydrogen) atoms. The lowest BCUT2D eigenvalue weighted by Gasteiger charge is -2.26. The van der Waals surface area contributed by atoms with Crippen molar-refractivity contribution in [2.45, 2.75) is 31.1 Å². The summed E-state index contributed by atoms with van der Waals surface area (Å²) in [5.41, 5.74) is 3.60. The first-order valence-corrected chi connectivity index (χ1v) is 13.6. The van der Waals surface area contributed by atoms with Gasteiger partial charge in [0.25, 0.3) is 11.5 Å². The Morgan fingerprint density at radius 2 is 1.97 bits per heavy atom. The van der Waals surface area contributed by atoms with E-state index in [1.807, 2.05) is 6.07 Å². The molecule has 3 aromatic rings. The van der Waals surface area contributed by atoms with Gasteiger partial charge in [-0.05, 0) is 49.1 Å². The molecule has 1 saturated heterocycles. The van der Waals surface area contributed by atoms with Crippen molar-refractivity contribution < 1.29 is 23.3 Å². The largest absolute Gasteiger partial charge is 0.379 e. The molecule has 2 aromatic carbocycles. The lowest BCUT2D eigenvalue weighted by Crippen LogP contribution is -2.47. The van der Waals surface area contributed by atoms with Gasteiger partial charge < -0.3 is 4.74 Å². The normalized spacial score (nSPS) is 16.9. The van der Waals surface area contributed by atoms with Crippen LogP contribution in [0.15, 0.2) is 47.5 Å². The molecule has 0 aliphatic carbocycles. The minimum atomic E-state index is -1.59. The number of fused-ring (bicyclic) bond motifs is 1. The van der Waals surface area contributed by atoms with E-state index in [4.69, 9.17) is 9.94 Å². The second kappa shape index (κ2) is 11.6. The van der Waals surface area contributed by atoms with Crippen LogP contribution >= 0.6 is 0 Å². The monoisotopic (exact) mass is 530 g/mol. The molecular weight excluding hydrogens is 499 g/mol. The average molecular weight is 531 g/mol. The number of aryl methyl sites for hydroxylation is 1. The molecule has 0 spiro atoms. The summed E-state index contributed by atoms with van der Waals surface area (Å²) in [5.74, 6) is -1.12. The highest BCUT2D eigenvalue weighted by molar-refractivity contribution is 7.86. The van der Waals surface area contributed by atoms with Crippen LogP contribution in [-0.4, -0.2) is 73.6 Å². The summed E-state index contributed by atoms with van der Waals surface area (Å²) in [6.07, 6.45) is 3.53. The number of nitrogens with zero attached hydrogens (tertiary/aromatic N) is 3. The van der Waals surface area contributed by atoms with Gasteiger partial charge in [0.1, 0.15) is 10.6 Å². The minimum Gasteiger partial charge on any atom is -0.379 e. The molecule has 0 radical (unpaired) electrons. The van der Waals surface area contributed by atoms with Crippen molar-refractivity contribution >= 4 is 27.6 Å². The van der Waals surface area contributed by atoms with Crippen LogP contribution in [0.4, 0.5) is 4.39 Å². The topological polar surface area (TPSA) is 114 Å². The fourth-order valence-electron chi connectivity index (χ4n) is 4.39. The second-order valence-corrected chi connectivity index (χ2v) is 11.2. The molecule has 4 rings (SSSR count). The number of amides is 1. The lowest BCUT2D eigenvalue weighted by molar-refractivity contribution is -0.131. The summed E-state index contributed by atoms with van der Waals surface area (Å²) >= 11 is 0. The quantitative estimate of drug-likeness (QED) is 0.322. The molecule has 11 heteroatoms. The molecule has 0 saturated carbocycles. The summed E-state index contributed by atoms with van der Waals surface area (Å²) in [7, 11) is -1.59. The zero-order valence-corrected chi connectivity index (χ0v) is 21.7. The molecule has 198 valence electrons. The van der Waals surface area contributed by atoms with E-state index in [0.29, 0.717) is 22.0 Å². The van der Waals surface area contributed by atoms with Crippen molar-refractivity contribution in [3.05, 3.63) is 64.5 Å². The van der Waals surface area contributed by atoms with Crippen molar-refractivity contribution in [2.75, 3.05) is 39.1 Å². The number of carbonyl (C=O) groups is 1. The number of ether oxygens (including phenoxy) is 1. The summed E-state index contributed by atoms with van der Waals surface area (Å²) in [5, 5.41) is 9.35. The Labute approximate surface area is 216 Å². The molecule has 1 fully saturated rings. The van der Waals surface area contributed by atoms with E-state index < -0.39 is 21.5 Å². The molecular formula is C26H31FN4O5S. The number of benzene rings is 2. The maximum absolute atomic E-state index is 15.0. The molecule has 1 amide bonds. The van der Waals surface area contributed by atoms with Gasteiger partial charge in [-0.15, -0.1) is 0 Å². The van der Waals surface area contributed by atoms with Crippen LogP contribution in [0.5, 0.6) is 0 Å². The number of hydroxylamine groups is 1. The van der Waals surface area contributed by atoms with E-state index in [9.17, 15) is 13.8 Å². The van der Waals surface area contributed by atoms with Crippen LogP contribution < -0.4 is 11.0 Å². The number of nitrogens with one attached hydrogen (secondary N) is 1. The number of hydrogen-bond acceptors (Lipinski definition) is 7. The molecule has 2 atom stereocenters. The molecule has 2 heterocycles. The smallest absolute Gasteiger partial charge is 0.261 e. The third-order valence-corrected chi connectivity index (χ3v) is 8.69. The average Bonchev–Trinajstić information content (AvgIpc) is 2.91. The van der Waals surface area contributed by atoms with E-state index in [1.54, 1.807) is 35.8 Å². The number of halogens is 1. The van der Waals surface area contributed by atoms with Crippen molar-refractivity contribution in [2.24, 2.45) is 0 Å². The SMILES string of the molecule is CS(=O)[C@](C)(CCn1cnc2cc(-c3ccc(CCN4CCOCC4)cc3F)ccc2c1=O)C(=O)NO. The van der Waals surface area contributed by atoms with Gasteiger partial charge in [0, 0.05) is 48.8 Å². The fraction of sp³-hybridized carbons (Fsp3) is 0.423. The molecule has 0 bridgehead atoms. The third-order valence-electron chi connectivity index (χ3n) is 7.04. The first kappa shape index (κ1) is 27.1. The van der Waals surface area contributed by atoms with E-state index in [0.717, 1.165) is 44.8 Å². The van der Waals surface area contributed by atoms with E-state index in [2.05, 4.69) is 9.88 Å². The predicted octanol–water partition coefficient (Wildman–Crippen LogP) is 2.11. The van der Waals surface area contributed by atoms with E-state index in [-0.39, 0.29) is 24.3 Å². The first-order valence-electron chi connectivity index (χ1n) is 12.1. The van der Waals surface area contributed by atoms with Crippen LogP contribution in [0, 0.1) is 5.82 Å². The van der Waals surface area contributed by atoms with Gasteiger partial charge in [0.15, 0.2) is 0 Å². The van der Waals surface area contributed by atoms with Crippen LogP contribution in [0.25, 0.3) is 22.0 Å². The fourth-order valence-corrected chi connectivity index (χ4v) is 5.07. The zero-order chi connectivity index (χ0) is 26.6. The lowest BCUT2D eigenvalue weighted by atomic mass is 10.0. The first-order chi connectivity index (χ1) is 17.7. The van der Waals surface area contributed by atoms with Crippen LogP contribution in [0.1, 0.15) is 18.9 Å². The Kier molecular flexibility index (Phi) is 8.48. The predicted molar refractivity (Wildman–Crippen MR) is 139 cm³/mol. The van der Waals surface area contributed by atoms with Gasteiger partial charge in [-0.2, -0.15) is 0 Å². The number of aromatic nitrogens is 2. The van der Waals surface area contributed by atoms with Crippen molar-refractivity contribution in [3.8, 4) is 11.1 Å². The second-order valence-electron chi connectivity index (χ2n) is 9.37. The van der Waals surface area contributed by atoms with Crippen LogP contribution in [0.2, 0.25) is 0 Å². The molecule has 1 aliphatic heterocycles. The third kappa shape index (κ3) is 5.96. The molecule has 9 nitrogen and oxygen atoms in total. The molecule has 2 N–H and O–H groups in total. The van der Waals surface area contributed by atoms with Crippen molar-refractivity contribution in [1.82, 2.24) is 19.9 Å². The van der Waals surface area contributed by atoms with Gasteiger partial charge in [-0.1, -0.05) is 18.2 Å². The van der Waals surface area contributed by atoms with E-state index in [1.165, 1.54) is 24.1 Å². The van der Waals surface area contributed by atoms with Gasteiger partial charge in [-0.3, -0.25) is 28.5 Å². The highest BCUT2D eigenvalue weighted by Gasteiger charge is 2.37. The summed E-state index contributed by atoms with van der Waals surface area (Å²) in [4.78, 5) is 31.7. The summed E-state index contributed by atoms with van der Waals surface area (Å²) in [6, 6.07) is 10.2. The Bertz CT molecular complexity index is 1370. The number of carbonyl (C=O) groups excluding carboxylic acids is 1. The van der Waals surface area contributed by atoms with Crippen molar-refractivity contribution in [1.29, 1.82) is 0 Å². The Morgan fingerprint density at radius 3 is 2.65 bits per heavy atom.